The maximum atomic E-state index is 11.8. The van der Waals surface area contributed by atoms with Gasteiger partial charge < -0.3 is 10.1 Å². The van der Waals surface area contributed by atoms with E-state index in [2.05, 4.69) is 5.32 Å². The van der Waals surface area contributed by atoms with Crippen LogP contribution in [0, 0.1) is 10.1 Å². The quantitative estimate of drug-likeness (QED) is 0.474. The van der Waals surface area contributed by atoms with Crippen molar-refractivity contribution in [3.05, 3.63) is 38.9 Å². The highest BCUT2D eigenvalue weighted by molar-refractivity contribution is 6.34. The van der Waals surface area contributed by atoms with Gasteiger partial charge in [-0.05, 0) is 18.9 Å². The van der Waals surface area contributed by atoms with Gasteiger partial charge in [0.1, 0.15) is 0 Å². The van der Waals surface area contributed by atoms with Crippen molar-refractivity contribution in [3.63, 3.8) is 0 Å². The lowest BCUT2D eigenvalue weighted by Crippen LogP contribution is -2.24. The number of nitro groups is 1. The van der Waals surface area contributed by atoms with Gasteiger partial charge in [-0.1, -0.05) is 11.6 Å². The number of non-ortho nitro benzene ring substituents is 1. The summed E-state index contributed by atoms with van der Waals surface area (Å²) in [5, 5.41) is 13.3. The average molecular weight is 287 g/mol. The molecule has 0 heterocycles. The van der Waals surface area contributed by atoms with Crippen LogP contribution in [0.1, 0.15) is 23.2 Å². The summed E-state index contributed by atoms with van der Waals surface area (Å²) in [4.78, 5) is 21.8. The molecule has 0 aliphatic carbocycles. The van der Waals surface area contributed by atoms with Crippen molar-refractivity contribution >= 4 is 23.2 Å². The minimum Gasteiger partial charge on any atom is -0.385 e. The molecule has 0 atom stereocenters. The van der Waals surface area contributed by atoms with Crippen molar-refractivity contribution < 1.29 is 14.5 Å². The molecule has 6 nitrogen and oxygen atoms in total. The van der Waals surface area contributed by atoms with Crippen LogP contribution in [-0.4, -0.2) is 31.1 Å². The summed E-state index contributed by atoms with van der Waals surface area (Å²) >= 11 is 5.85. The number of nitrogens with zero attached hydrogens (tertiary/aromatic N) is 1. The predicted molar refractivity (Wildman–Crippen MR) is 71.5 cm³/mol. The minimum absolute atomic E-state index is 0.0728. The van der Waals surface area contributed by atoms with Crippen molar-refractivity contribution in [1.29, 1.82) is 0 Å². The fraction of sp³-hybridized carbons (Fsp3) is 0.417. The van der Waals surface area contributed by atoms with Crippen LogP contribution in [0.3, 0.4) is 0 Å². The van der Waals surface area contributed by atoms with E-state index in [1.807, 2.05) is 0 Å². The molecule has 1 aromatic carbocycles. The van der Waals surface area contributed by atoms with E-state index in [9.17, 15) is 14.9 Å². The molecule has 0 aromatic heterocycles. The van der Waals surface area contributed by atoms with Crippen molar-refractivity contribution in [3.8, 4) is 0 Å². The molecule has 0 spiro atoms. The number of unbranched alkanes of at least 4 members (excludes halogenated alkanes) is 1. The lowest BCUT2D eigenvalue weighted by Gasteiger charge is -2.06. The number of halogens is 1. The summed E-state index contributed by atoms with van der Waals surface area (Å²) in [6.45, 7) is 1.16. The fourth-order valence-corrected chi connectivity index (χ4v) is 1.73. The number of nitrogens with one attached hydrogen (secondary N) is 1. The number of carbonyl (C=O) groups excluding carboxylic acids is 1. The summed E-state index contributed by atoms with van der Waals surface area (Å²) in [6, 6.07) is 3.78. The SMILES string of the molecule is COCCCCNC(=O)c1ccc([N+](=O)[O-])cc1Cl. The highest BCUT2D eigenvalue weighted by Crippen LogP contribution is 2.22. The number of methoxy groups -OCH3 is 1. The van der Waals surface area contributed by atoms with Crippen LogP contribution in [0.2, 0.25) is 5.02 Å². The second-order valence-corrected chi connectivity index (χ2v) is 4.28. The Hall–Kier alpha value is -1.66. The second kappa shape index (κ2) is 7.70. The molecule has 0 aliphatic heterocycles. The third-order valence-corrected chi connectivity index (χ3v) is 2.78. The van der Waals surface area contributed by atoms with Crippen LogP contribution >= 0.6 is 11.6 Å². The molecule has 104 valence electrons. The molecule has 1 rings (SSSR count). The lowest BCUT2D eigenvalue weighted by atomic mass is 10.2. The third kappa shape index (κ3) is 4.84. The first-order chi connectivity index (χ1) is 9.06. The Bertz CT molecular complexity index is 465. The Kier molecular flexibility index (Phi) is 6.24. The Labute approximate surface area is 115 Å². The first-order valence-electron chi connectivity index (χ1n) is 5.77. The standard InChI is InChI=1S/C12H15ClN2O4/c1-19-7-3-2-6-14-12(16)10-5-4-9(15(17)18)8-11(10)13/h4-5,8H,2-3,6-7H2,1H3,(H,14,16). The molecular weight excluding hydrogens is 272 g/mol. The van der Waals surface area contributed by atoms with Crippen LogP contribution in [0.4, 0.5) is 5.69 Å². The van der Waals surface area contributed by atoms with E-state index in [0.717, 1.165) is 12.8 Å². The van der Waals surface area contributed by atoms with Crippen LogP contribution < -0.4 is 5.32 Å². The van der Waals surface area contributed by atoms with Gasteiger partial charge in [0.25, 0.3) is 11.6 Å². The Morgan fingerprint density at radius 3 is 2.79 bits per heavy atom. The van der Waals surface area contributed by atoms with Crippen molar-refractivity contribution in [2.75, 3.05) is 20.3 Å². The number of ether oxygens (including phenoxy) is 1. The van der Waals surface area contributed by atoms with Gasteiger partial charge >= 0.3 is 0 Å². The summed E-state index contributed by atoms with van der Waals surface area (Å²) < 4.78 is 4.89. The predicted octanol–water partition coefficient (Wildman–Crippen LogP) is 2.40. The molecule has 0 unspecified atom stereocenters. The molecule has 1 amide bonds. The van der Waals surface area contributed by atoms with Gasteiger partial charge in [-0.2, -0.15) is 0 Å². The van der Waals surface area contributed by atoms with Gasteiger partial charge in [0, 0.05) is 32.4 Å². The highest BCUT2D eigenvalue weighted by atomic mass is 35.5. The molecule has 0 aliphatic rings. The van der Waals surface area contributed by atoms with Gasteiger partial charge in [0.2, 0.25) is 0 Å². The summed E-state index contributed by atoms with van der Waals surface area (Å²) in [5.74, 6) is -0.336. The van der Waals surface area contributed by atoms with Gasteiger partial charge in [0.15, 0.2) is 0 Å². The molecular formula is C12H15ClN2O4. The number of benzene rings is 1. The van der Waals surface area contributed by atoms with Gasteiger partial charge in [0.05, 0.1) is 15.5 Å². The summed E-state index contributed by atoms with van der Waals surface area (Å²) in [6.07, 6.45) is 1.65. The minimum atomic E-state index is -0.557. The lowest BCUT2D eigenvalue weighted by molar-refractivity contribution is -0.384. The number of hydrogen-bond donors (Lipinski definition) is 1. The molecule has 1 aromatic rings. The summed E-state index contributed by atoms with van der Waals surface area (Å²) in [5.41, 5.74) is 0.0978. The van der Waals surface area contributed by atoms with E-state index in [0.29, 0.717) is 13.2 Å². The third-order valence-electron chi connectivity index (χ3n) is 2.47. The largest absolute Gasteiger partial charge is 0.385 e. The first kappa shape index (κ1) is 15.4. The molecule has 0 saturated carbocycles. The van der Waals surface area contributed by atoms with Crippen LogP contribution in [-0.2, 0) is 4.74 Å². The monoisotopic (exact) mass is 286 g/mol. The van der Waals surface area contributed by atoms with Gasteiger partial charge in [-0.25, -0.2) is 0 Å². The molecule has 0 saturated heterocycles. The summed E-state index contributed by atoms with van der Waals surface area (Å²) in [7, 11) is 1.62. The van der Waals surface area contributed by atoms with Gasteiger partial charge in [-0.3, -0.25) is 14.9 Å². The maximum absolute atomic E-state index is 11.8. The molecule has 19 heavy (non-hydrogen) atoms. The van der Waals surface area contributed by atoms with Crippen molar-refractivity contribution in [1.82, 2.24) is 5.32 Å². The van der Waals surface area contributed by atoms with Crippen molar-refractivity contribution in [2.24, 2.45) is 0 Å². The van der Waals surface area contributed by atoms with E-state index < -0.39 is 4.92 Å². The van der Waals surface area contributed by atoms with E-state index >= 15 is 0 Å². The molecule has 0 fully saturated rings. The van der Waals surface area contributed by atoms with Crippen LogP contribution in [0.5, 0.6) is 0 Å². The van der Waals surface area contributed by atoms with Crippen LogP contribution in [0.15, 0.2) is 18.2 Å². The van der Waals surface area contributed by atoms with E-state index in [4.69, 9.17) is 16.3 Å². The van der Waals surface area contributed by atoms with E-state index in [1.54, 1.807) is 7.11 Å². The number of amides is 1. The number of hydrogen-bond acceptors (Lipinski definition) is 4. The molecule has 1 N–H and O–H groups in total. The Morgan fingerprint density at radius 1 is 1.47 bits per heavy atom. The Balaban J connectivity index is 2.55. The number of nitro benzene ring substituents is 1. The smallest absolute Gasteiger partial charge is 0.270 e. The molecule has 0 bridgehead atoms. The van der Waals surface area contributed by atoms with Crippen molar-refractivity contribution in [2.45, 2.75) is 12.8 Å². The highest BCUT2D eigenvalue weighted by Gasteiger charge is 2.14. The topological polar surface area (TPSA) is 81.5 Å². The fourth-order valence-electron chi connectivity index (χ4n) is 1.47. The zero-order valence-electron chi connectivity index (χ0n) is 10.5. The van der Waals surface area contributed by atoms with E-state index in [-0.39, 0.29) is 22.2 Å². The van der Waals surface area contributed by atoms with E-state index in [1.165, 1.54) is 18.2 Å². The zero-order chi connectivity index (χ0) is 14.3. The first-order valence-corrected chi connectivity index (χ1v) is 6.15. The van der Waals surface area contributed by atoms with Crippen LogP contribution in [0.25, 0.3) is 0 Å². The Morgan fingerprint density at radius 2 is 2.21 bits per heavy atom. The second-order valence-electron chi connectivity index (χ2n) is 3.88. The molecule has 7 heteroatoms. The maximum Gasteiger partial charge on any atom is 0.270 e. The number of carbonyl (C=O) groups is 1. The normalized spacial score (nSPS) is 10.2. The molecule has 0 radical (unpaired) electrons. The average Bonchev–Trinajstić information content (AvgIpc) is 2.38. The number of rotatable bonds is 7. The van der Waals surface area contributed by atoms with Gasteiger partial charge in [-0.15, -0.1) is 0 Å². The zero-order valence-corrected chi connectivity index (χ0v) is 11.3.